The maximum absolute atomic E-state index is 4.22. The largest absolute Gasteiger partial charge is 0.273 e. The van der Waals surface area contributed by atoms with Gasteiger partial charge in [0, 0.05) is 28.7 Å². The Bertz CT molecular complexity index is 522. The van der Waals surface area contributed by atoms with E-state index >= 15 is 0 Å². The number of halogens is 2. The van der Waals surface area contributed by atoms with Gasteiger partial charge >= 0.3 is 0 Å². The fraction of sp³-hybridized carbons (Fsp3) is 0.400. The average molecular weight is 386 g/mol. The number of hydrogen-bond donors (Lipinski definition) is 0. The fourth-order valence-electron chi connectivity index (χ4n) is 2.21. The monoisotopic (exact) mass is 384 g/mol. The molecular weight excluding hydrogens is 368 g/mol. The zero-order valence-electron chi connectivity index (χ0n) is 11.0. The zero-order chi connectivity index (χ0) is 13.7. The standard InChI is InChI=1S/C15H18Br2N2/c1-19-14(8-9-18-19)7-6-12(11-16)10-13-4-2-3-5-15(13)17/h2-5,8-9,12H,6-7,10-11H2,1H3. The average Bonchev–Trinajstić information content (AvgIpc) is 2.82. The smallest absolute Gasteiger partial charge is 0.0492 e. The van der Waals surface area contributed by atoms with Crippen molar-refractivity contribution < 1.29 is 0 Å². The zero-order valence-corrected chi connectivity index (χ0v) is 14.2. The number of benzene rings is 1. The van der Waals surface area contributed by atoms with Gasteiger partial charge in [0.25, 0.3) is 0 Å². The summed E-state index contributed by atoms with van der Waals surface area (Å²) in [5.74, 6) is 0.647. The van der Waals surface area contributed by atoms with Crippen LogP contribution in [0.5, 0.6) is 0 Å². The second-order valence-electron chi connectivity index (χ2n) is 4.80. The van der Waals surface area contributed by atoms with E-state index in [1.54, 1.807) is 0 Å². The molecular formula is C15H18Br2N2. The van der Waals surface area contributed by atoms with Crippen LogP contribution in [0.2, 0.25) is 0 Å². The van der Waals surface area contributed by atoms with Crippen molar-refractivity contribution in [1.82, 2.24) is 9.78 Å². The van der Waals surface area contributed by atoms with E-state index in [9.17, 15) is 0 Å². The molecule has 0 bridgehead atoms. The Hall–Kier alpha value is -0.610. The van der Waals surface area contributed by atoms with E-state index in [-0.39, 0.29) is 0 Å². The predicted octanol–water partition coefficient (Wildman–Crippen LogP) is 4.37. The number of aromatic nitrogens is 2. The summed E-state index contributed by atoms with van der Waals surface area (Å²) in [6.07, 6.45) is 5.22. The first-order valence-electron chi connectivity index (χ1n) is 6.47. The lowest BCUT2D eigenvalue weighted by Crippen LogP contribution is -2.09. The molecule has 4 heteroatoms. The van der Waals surface area contributed by atoms with Crippen molar-refractivity contribution in [3.05, 3.63) is 52.3 Å². The van der Waals surface area contributed by atoms with Gasteiger partial charge in [0.05, 0.1) is 0 Å². The third kappa shape index (κ3) is 4.18. The van der Waals surface area contributed by atoms with E-state index in [0.717, 1.165) is 18.2 Å². The number of nitrogens with zero attached hydrogens (tertiary/aromatic N) is 2. The molecule has 0 aliphatic rings. The van der Waals surface area contributed by atoms with Crippen LogP contribution in [0.15, 0.2) is 41.0 Å². The summed E-state index contributed by atoms with van der Waals surface area (Å²) in [6, 6.07) is 10.6. The van der Waals surface area contributed by atoms with Crippen LogP contribution >= 0.6 is 31.9 Å². The number of aryl methyl sites for hydroxylation is 2. The van der Waals surface area contributed by atoms with Gasteiger partial charge in [-0.1, -0.05) is 50.1 Å². The molecule has 1 unspecified atom stereocenters. The van der Waals surface area contributed by atoms with Crippen LogP contribution in [0.4, 0.5) is 0 Å². The van der Waals surface area contributed by atoms with Gasteiger partial charge in [-0.25, -0.2) is 0 Å². The number of hydrogen-bond acceptors (Lipinski definition) is 1. The molecule has 2 rings (SSSR count). The first kappa shape index (κ1) is 14.8. The van der Waals surface area contributed by atoms with E-state index in [0.29, 0.717) is 5.92 Å². The predicted molar refractivity (Wildman–Crippen MR) is 86.7 cm³/mol. The molecule has 0 aliphatic carbocycles. The van der Waals surface area contributed by atoms with Crippen molar-refractivity contribution in [1.29, 1.82) is 0 Å². The number of alkyl halides is 1. The SMILES string of the molecule is Cn1nccc1CCC(CBr)Cc1ccccc1Br. The normalized spacial score (nSPS) is 12.6. The van der Waals surface area contributed by atoms with Gasteiger partial charge in [-0.3, -0.25) is 4.68 Å². The van der Waals surface area contributed by atoms with Gasteiger partial charge < -0.3 is 0 Å². The second-order valence-corrected chi connectivity index (χ2v) is 6.30. The van der Waals surface area contributed by atoms with E-state index in [4.69, 9.17) is 0 Å². The van der Waals surface area contributed by atoms with E-state index in [2.05, 4.69) is 67.3 Å². The summed E-state index contributed by atoms with van der Waals surface area (Å²) >= 11 is 7.27. The van der Waals surface area contributed by atoms with Crippen molar-refractivity contribution in [2.45, 2.75) is 19.3 Å². The van der Waals surface area contributed by atoms with Crippen molar-refractivity contribution in [3.63, 3.8) is 0 Å². The summed E-state index contributed by atoms with van der Waals surface area (Å²) in [6.45, 7) is 0. The minimum Gasteiger partial charge on any atom is -0.273 e. The maximum Gasteiger partial charge on any atom is 0.0492 e. The van der Waals surface area contributed by atoms with Crippen LogP contribution in [-0.4, -0.2) is 15.1 Å². The third-order valence-corrected chi connectivity index (χ3v) is 5.11. The molecule has 1 aromatic heterocycles. The van der Waals surface area contributed by atoms with Gasteiger partial charge in [-0.15, -0.1) is 0 Å². The van der Waals surface area contributed by atoms with Gasteiger partial charge in [-0.05, 0) is 42.9 Å². The highest BCUT2D eigenvalue weighted by Gasteiger charge is 2.11. The van der Waals surface area contributed by atoms with E-state index < -0.39 is 0 Å². The van der Waals surface area contributed by atoms with Crippen molar-refractivity contribution in [2.75, 3.05) is 5.33 Å². The van der Waals surface area contributed by atoms with Gasteiger partial charge in [-0.2, -0.15) is 5.10 Å². The highest BCUT2D eigenvalue weighted by molar-refractivity contribution is 9.10. The molecule has 0 fully saturated rings. The molecule has 102 valence electrons. The Labute approximate surface area is 131 Å². The Kier molecular flexibility index (Phi) is 5.64. The molecule has 1 heterocycles. The molecule has 19 heavy (non-hydrogen) atoms. The maximum atomic E-state index is 4.22. The molecule has 0 amide bonds. The van der Waals surface area contributed by atoms with Crippen LogP contribution < -0.4 is 0 Å². The number of rotatable bonds is 6. The molecule has 2 nitrogen and oxygen atoms in total. The summed E-state index contributed by atoms with van der Waals surface area (Å²) < 4.78 is 3.17. The quantitative estimate of drug-likeness (QED) is 0.675. The van der Waals surface area contributed by atoms with Gasteiger partial charge in [0.1, 0.15) is 0 Å². The Balaban J connectivity index is 1.94. The molecule has 0 N–H and O–H groups in total. The molecule has 1 aromatic carbocycles. The van der Waals surface area contributed by atoms with Crippen molar-refractivity contribution in [3.8, 4) is 0 Å². The van der Waals surface area contributed by atoms with Crippen LogP contribution in [0.1, 0.15) is 17.7 Å². The molecule has 0 radical (unpaired) electrons. The second kappa shape index (κ2) is 7.25. The summed E-state index contributed by atoms with van der Waals surface area (Å²) in [5, 5.41) is 5.25. The Morgan fingerprint density at radius 3 is 2.68 bits per heavy atom. The summed E-state index contributed by atoms with van der Waals surface area (Å²) in [5.41, 5.74) is 2.69. The van der Waals surface area contributed by atoms with Crippen LogP contribution in [0, 0.1) is 5.92 Å². The minimum atomic E-state index is 0.647. The minimum absolute atomic E-state index is 0.647. The van der Waals surface area contributed by atoms with Crippen LogP contribution in [0.25, 0.3) is 0 Å². The Morgan fingerprint density at radius 2 is 2.05 bits per heavy atom. The fourth-order valence-corrected chi connectivity index (χ4v) is 3.21. The van der Waals surface area contributed by atoms with Crippen molar-refractivity contribution in [2.24, 2.45) is 13.0 Å². The van der Waals surface area contributed by atoms with E-state index in [1.165, 1.54) is 22.2 Å². The lowest BCUT2D eigenvalue weighted by molar-refractivity contribution is 0.527. The molecule has 0 saturated carbocycles. The summed E-state index contributed by atoms with van der Waals surface area (Å²) in [4.78, 5) is 0. The first-order valence-corrected chi connectivity index (χ1v) is 8.38. The first-order chi connectivity index (χ1) is 9.20. The Morgan fingerprint density at radius 1 is 1.26 bits per heavy atom. The molecule has 1 atom stereocenters. The van der Waals surface area contributed by atoms with Gasteiger partial charge in [0.2, 0.25) is 0 Å². The van der Waals surface area contributed by atoms with Crippen molar-refractivity contribution >= 4 is 31.9 Å². The summed E-state index contributed by atoms with van der Waals surface area (Å²) in [7, 11) is 2.01. The van der Waals surface area contributed by atoms with Gasteiger partial charge in [0.15, 0.2) is 0 Å². The van der Waals surface area contributed by atoms with Crippen LogP contribution in [-0.2, 0) is 19.9 Å². The molecule has 0 saturated heterocycles. The van der Waals surface area contributed by atoms with Crippen LogP contribution in [0.3, 0.4) is 0 Å². The topological polar surface area (TPSA) is 17.8 Å². The third-order valence-electron chi connectivity index (χ3n) is 3.42. The molecule has 0 aliphatic heterocycles. The highest BCUT2D eigenvalue weighted by atomic mass is 79.9. The lowest BCUT2D eigenvalue weighted by atomic mass is 9.96. The van der Waals surface area contributed by atoms with E-state index in [1.807, 2.05) is 17.9 Å². The molecule has 0 spiro atoms. The molecule has 2 aromatic rings. The highest BCUT2D eigenvalue weighted by Crippen LogP contribution is 2.23. The lowest BCUT2D eigenvalue weighted by Gasteiger charge is -2.15.